The van der Waals surface area contributed by atoms with E-state index in [4.69, 9.17) is 0 Å². The normalized spacial score (nSPS) is 36.2. The number of hydrogen-bond acceptors (Lipinski definition) is 4. The van der Waals surface area contributed by atoms with Crippen LogP contribution < -0.4 is 0 Å². The molecule has 3 N–H and O–H groups in total. The number of aryl methyl sites for hydroxylation is 1. The van der Waals surface area contributed by atoms with E-state index in [1.807, 2.05) is 6.92 Å². The van der Waals surface area contributed by atoms with E-state index >= 15 is 0 Å². The van der Waals surface area contributed by atoms with Gasteiger partial charge in [-0.15, -0.1) is 0 Å². The lowest BCUT2D eigenvalue weighted by Crippen LogP contribution is -2.53. The number of fused-ring (bicyclic) bond motifs is 1. The number of phenolic OH excluding ortho intramolecular Hbond substituents is 2. The van der Waals surface area contributed by atoms with Crippen LogP contribution in [0.2, 0.25) is 0 Å². The summed E-state index contributed by atoms with van der Waals surface area (Å²) < 4.78 is 0. The molecule has 3 rings (SSSR count). The molecule has 0 saturated heterocycles. The van der Waals surface area contributed by atoms with Crippen molar-refractivity contribution in [3.63, 3.8) is 0 Å². The Morgan fingerprint density at radius 2 is 1.76 bits per heavy atom. The Morgan fingerprint density at radius 1 is 1.08 bits per heavy atom. The molecule has 1 aromatic rings. The van der Waals surface area contributed by atoms with Crippen LogP contribution in [0.1, 0.15) is 70.9 Å². The second-order valence-electron chi connectivity index (χ2n) is 9.41. The van der Waals surface area contributed by atoms with Gasteiger partial charge < -0.3 is 15.4 Å². The molecule has 0 bridgehead atoms. The average molecular weight is 345 g/mol. The summed E-state index contributed by atoms with van der Waals surface area (Å²) in [5.41, 5.74) is 2.77. The second kappa shape index (κ2) is 5.65. The van der Waals surface area contributed by atoms with Gasteiger partial charge in [-0.2, -0.15) is 0 Å². The van der Waals surface area contributed by atoms with Crippen LogP contribution in [0.3, 0.4) is 0 Å². The maximum atomic E-state index is 10.5. The number of benzene rings is 1. The molecule has 2 aliphatic carbocycles. The van der Waals surface area contributed by atoms with Crippen molar-refractivity contribution in [1.29, 1.82) is 0 Å². The smallest absolute Gasteiger partial charge is 0.123 e. The minimum atomic E-state index is -0.114. The molecule has 0 unspecified atom stereocenters. The van der Waals surface area contributed by atoms with Gasteiger partial charge >= 0.3 is 0 Å². The first-order valence-corrected chi connectivity index (χ1v) is 9.28. The Bertz CT molecular complexity index is 701. The zero-order valence-corrected chi connectivity index (χ0v) is 16.1. The molecule has 1 aromatic carbocycles. The number of nitrogens with zero attached hydrogens (tertiary/aromatic N) is 1. The van der Waals surface area contributed by atoms with Crippen molar-refractivity contribution in [3.8, 4) is 11.5 Å². The minimum absolute atomic E-state index is 0.102. The minimum Gasteiger partial charge on any atom is -0.508 e. The summed E-state index contributed by atoms with van der Waals surface area (Å²) in [6.45, 7) is 11.0. The predicted molar refractivity (Wildman–Crippen MR) is 99.5 cm³/mol. The number of phenols is 2. The molecule has 0 amide bonds. The van der Waals surface area contributed by atoms with Crippen LogP contribution in [-0.2, 0) is 5.41 Å². The third-order valence-corrected chi connectivity index (χ3v) is 7.19. The van der Waals surface area contributed by atoms with Gasteiger partial charge in [0.2, 0.25) is 0 Å². The average Bonchev–Trinajstić information content (AvgIpc) is 2.44. The predicted octanol–water partition coefficient (Wildman–Crippen LogP) is 5.12. The topological polar surface area (TPSA) is 73.0 Å². The SMILES string of the molecule is Cc1cc(O)cc(O)c1[C@@]1(C)CC[C@@H]2C(C)(C)/C(=N/O)CC[C@@]2(C)C1. The van der Waals surface area contributed by atoms with E-state index < -0.39 is 0 Å². The summed E-state index contributed by atoms with van der Waals surface area (Å²) in [5.74, 6) is 0.784. The summed E-state index contributed by atoms with van der Waals surface area (Å²) in [6, 6.07) is 3.21. The van der Waals surface area contributed by atoms with Crippen LogP contribution in [0.4, 0.5) is 0 Å². The van der Waals surface area contributed by atoms with Gasteiger partial charge in [0.25, 0.3) is 0 Å². The Labute approximate surface area is 150 Å². The Hall–Kier alpha value is -1.71. The highest BCUT2D eigenvalue weighted by Crippen LogP contribution is 2.62. The van der Waals surface area contributed by atoms with Crippen molar-refractivity contribution in [3.05, 3.63) is 23.3 Å². The largest absolute Gasteiger partial charge is 0.508 e. The molecule has 138 valence electrons. The second-order valence-corrected chi connectivity index (χ2v) is 9.41. The van der Waals surface area contributed by atoms with E-state index in [1.54, 1.807) is 6.07 Å². The molecule has 2 fully saturated rings. The third kappa shape index (κ3) is 2.70. The summed E-state index contributed by atoms with van der Waals surface area (Å²) in [6.07, 6.45) is 4.85. The molecule has 0 radical (unpaired) electrons. The van der Waals surface area contributed by atoms with Crippen LogP contribution in [-0.4, -0.2) is 21.1 Å². The molecule has 0 spiro atoms. The Kier molecular flexibility index (Phi) is 4.09. The monoisotopic (exact) mass is 345 g/mol. The van der Waals surface area contributed by atoms with Gasteiger partial charge in [0.1, 0.15) is 11.5 Å². The van der Waals surface area contributed by atoms with E-state index in [0.29, 0.717) is 5.92 Å². The van der Waals surface area contributed by atoms with Gasteiger partial charge in [-0.1, -0.05) is 32.9 Å². The molecule has 2 saturated carbocycles. The first kappa shape index (κ1) is 18.1. The lowest BCUT2D eigenvalue weighted by Gasteiger charge is -2.58. The highest BCUT2D eigenvalue weighted by molar-refractivity contribution is 5.90. The van der Waals surface area contributed by atoms with Crippen LogP contribution in [0.25, 0.3) is 0 Å². The molecule has 3 atom stereocenters. The lowest BCUT2D eigenvalue weighted by atomic mass is 9.46. The molecule has 0 aliphatic heterocycles. The molecule has 25 heavy (non-hydrogen) atoms. The Morgan fingerprint density at radius 3 is 2.36 bits per heavy atom. The summed E-state index contributed by atoms with van der Waals surface area (Å²) >= 11 is 0. The zero-order valence-electron chi connectivity index (χ0n) is 16.1. The quantitative estimate of drug-likeness (QED) is 0.488. The maximum Gasteiger partial charge on any atom is 0.123 e. The van der Waals surface area contributed by atoms with Gasteiger partial charge in [-0.3, -0.25) is 0 Å². The first-order valence-electron chi connectivity index (χ1n) is 9.28. The van der Waals surface area contributed by atoms with Crippen molar-refractivity contribution in [2.45, 2.75) is 72.1 Å². The van der Waals surface area contributed by atoms with Gasteiger partial charge in [-0.05, 0) is 67.4 Å². The fraction of sp³-hybridized carbons (Fsp3) is 0.667. The van der Waals surface area contributed by atoms with Gasteiger partial charge in [-0.25, -0.2) is 0 Å². The van der Waals surface area contributed by atoms with E-state index in [0.717, 1.165) is 48.9 Å². The summed E-state index contributed by atoms with van der Waals surface area (Å²) in [7, 11) is 0. The van der Waals surface area contributed by atoms with E-state index in [2.05, 4.69) is 32.9 Å². The standard InChI is InChI=1S/C21H31NO3/c1-13-10-14(23)11-15(24)18(13)21(5)8-6-16-19(2,3)17(22-25)7-9-20(16,4)12-21/h10-11,16,23-25H,6-9,12H2,1-5H3/b22-17+/t16-,20+,21+/m1/s1. The van der Waals surface area contributed by atoms with E-state index in [1.165, 1.54) is 6.07 Å². The van der Waals surface area contributed by atoms with E-state index in [-0.39, 0.29) is 27.7 Å². The molecular weight excluding hydrogens is 314 g/mol. The van der Waals surface area contributed by atoms with Crippen molar-refractivity contribution in [2.24, 2.45) is 21.9 Å². The summed E-state index contributed by atoms with van der Waals surface area (Å²) in [4.78, 5) is 0. The maximum absolute atomic E-state index is 10.5. The van der Waals surface area contributed by atoms with Crippen molar-refractivity contribution in [2.75, 3.05) is 0 Å². The molecule has 4 heteroatoms. The van der Waals surface area contributed by atoms with Crippen LogP contribution in [0, 0.1) is 23.7 Å². The molecule has 0 heterocycles. The highest BCUT2D eigenvalue weighted by Gasteiger charge is 2.55. The number of rotatable bonds is 1. The molecule has 2 aliphatic rings. The third-order valence-electron chi connectivity index (χ3n) is 7.19. The number of hydrogen-bond donors (Lipinski definition) is 3. The van der Waals surface area contributed by atoms with Gasteiger partial charge in [0.15, 0.2) is 0 Å². The lowest BCUT2D eigenvalue weighted by molar-refractivity contribution is -0.00844. The Balaban J connectivity index is 2.01. The van der Waals surface area contributed by atoms with Gasteiger partial charge in [0, 0.05) is 17.0 Å². The molecule has 0 aromatic heterocycles. The van der Waals surface area contributed by atoms with E-state index in [9.17, 15) is 15.4 Å². The number of aromatic hydroxyl groups is 2. The zero-order chi connectivity index (χ0) is 18.6. The molecular formula is C21H31NO3. The van der Waals surface area contributed by atoms with Crippen molar-refractivity contribution >= 4 is 5.71 Å². The van der Waals surface area contributed by atoms with Crippen LogP contribution in [0.15, 0.2) is 17.3 Å². The fourth-order valence-electron chi connectivity index (χ4n) is 6.26. The van der Waals surface area contributed by atoms with Gasteiger partial charge in [0.05, 0.1) is 5.71 Å². The fourth-order valence-corrected chi connectivity index (χ4v) is 6.26. The van der Waals surface area contributed by atoms with Crippen LogP contribution in [0.5, 0.6) is 11.5 Å². The first-order chi connectivity index (χ1) is 11.5. The van der Waals surface area contributed by atoms with Crippen LogP contribution >= 0.6 is 0 Å². The summed E-state index contributed by atoms with van der Waals surface area (Å²) in [5, 5.41) is 33.3. The molecule has 4 nitrogen and oxygen atoms in total. The highest BCUT2D eigenvalue weighted by atomic mass is 16.4. The number of oxime groups is 1. The van der Waals surface area contributed by atoms with Crippen molar-refractivity contribution < 1.29 is 15.4 Å². The van der Waals surface area contributed by atoms with Crippen molar-refractivity contribution in [1.82, 2.24) is 0 Å².